The highest BCUT2D eigenvalue weighted by molar-refractivity contribution is 5.86. The van der Waals surface area contributed by atoms with Crippen LogP contribution >= 0.6 is 0 Å². The van der Waals surface area contributed by atoms with Gasteiger partial charge in [-0.1, -0.05) is 13.8 Å². The van der Waals surface area contributed by atoms with Crippen LogP contribution in [0.3, 0.4) is 0 Å². The highest BCUT2D eigenvalue weighted by Gasteiger charge is 2.41. The zero-order valence-corrected chi connectivity index (χ0v) is 15.1. The van der Waals surface area contributed by atoms with Gasteiger partial charge in [0.25, 0.3) is 0 Å². The third-order valence-electron chi connectivity index (χ3n) is 3.66. The Balaban J connectivity index is 0.00000191. The molecule has 5 nitrogen and oxygen atoms in total. The van der Waals surface area contributed by atoms with Crippen LogP contribution in [0.25, 0.3) is 0 Å². The molecule has 0 aromatic carbocycles. The number of nitrogens with zero attached hydrogens (tertiary/aromatic N) is 2. The summed E-state index contributed by atoms with van der Waals surface area (Å²) in [6.45, 7) is 11.7. The molecule has 1 aliphatic heterocycles. The maximum Gasteiger partial charge on any atom is 0.242 e. The highest BCUT2D eigenvalue weighted by Crippen LogP contribution is 2.21. The van der Waals surface area contributed by atoms with Crippen molar-refractivity contribution in [3.8, 4) is 0 Å². The van der Waals surface area contributed by atoms with Crippen LogP contribution < -0.4 is 10.6 Å². The van der Waals surface area contributed by atoms with Crippen LogP contribution in [0.5, 0.6) is 0 Å². The van der Waals surface area contributed by atoms with Gasteiger partial charge in [0.15, 0.2) is 0 Å². The molecule has 126 valence electrons. The summed E-state index contributed by atoms with van der Waals surface area (Å²) in [5.74, 6) is 0.240. The van der Waals surface area contributed by atoms with Gasteiger partial charge in [-0.2, -0.15) is 0 Å². The molecule has 1 saturated heterocycles. The van der Waals surface area contributed by atoms with E-state index in [2.05, 4.69) is 29.4 Å². The van der Waals surface area contributed by atoms with E-state index in [0.29, 0.717) is 6.04 Å². The fourth-order valence-electron chi connectivity index (χ4n) is 2.64. The van der Waals surface area contributed by atoms with E-state index >= 15 is 0 Å². The Labute approximate surface area is 131 Å². The van der Waals surface area contributed by atoms with Crippen molar-refractivity contribution in [1.82, 2.24) is 20.4 Å². The minimum absolute atomic E-state index is 0.240. The number of amides is 1. The first-order valence-electron chi connectivity index (χ1n) is 8.26. The summed E-state index contributed by atoms with van der Waals surface area (Å²) in [4.78, 5) is 16.8. The van der Waals surface area contributed by atoms with Crippen molar-refractivity contribution in [3.05, 3.63) is 0 Å². The Kier molecular flexibility index (Phi) is 9.83. The second kappa shape index (κ2) is 10.1. The van der Waals surface area contributed by atoms with Gasteiger partial charge >= 0.3 is 0 Å². The molecule has 0 saturated carbocycles. The van der Waals surface area contributed by atoms with Crippen molar-refractivity contribution in [3.63, 3.8) is 0 Å². The number of piperidine rings is 1. The second-order valence-corrected chi connectivity index (χ2v) is 6.16. The number of rotatable bonds is 6. The lowest BCUT2D eigenvalue weighted by Crippen LogP contribution is -2.63. The maximum atomic E-state index is 12.8. The zero-order chi connectivity index (χ0) is 16.5. The molecular formula is C16H36N4O. The molecule has 0 aromatic rings. The van der Waals surface area contributed by atoms with Gasteiger partial charge in [0, 0.05) is 26.2 Å². The van der Waals surface area contributed by atoms with Crippen molar-refractivity contribution >= 4 is 5.91 Å². The summed E-state index contributed by atoms with van der Waals surface area (Å²) < 4.78 is 0. The molecule has 5 heteroatoms. The van der Waals surface area contributed by atoms with Gasteiger partial charge in [-0.3, -0.25) is 4.79 Å². The van der Waals surface area contributed by atoms with Crippen LogP contribution in [-0.2, 0) is 4.79 Å². The largest absolute Gasteiger partial charge is 0.343 e. The Bertz CT molecular complexity index is 286. The van der Waals surface area contributed by atoms with Crippen LogP contribution in [0.2, 0.25) is 0 Å². The second-order valence-electron chi connectivity index (χ2n) is 6.16. The molecule has 1 rings (SSSR count). The van der Waals surface area contributed by atoms with E-state index in [9.17, 15) is 4.79 Å². The molecule has 1 aliphatic rings. The fourth-order valence-corrected chi connectivity index (χ4v) is 2.64. The van der Waals surface area contributed by atoms with Crippen LogP contribution in [0.15, 0.2) is 0 Å². The Morgan fingerprint density at radius 3 is 2.10 bits per heavy atom. The lowest BCUT2D eigenvalue weighted by Gasteiger charge is -2.41. The normalized spacial score (nSPS) is 17.4. The first kappa shape index (κ1) is 20.3. The maximum absolute atomic E-state index is 12.8. The van der Waals surface area contributed by atoms with Crippen molar-refractivity contribution in [2.75, 3.05) is 47.3 Å². The monoisotopic (exact) mass is 300 g/mol. The molecule has 0 spiro atoms. The summed E-state index contributed by atoms with van der Waals surface area (Å²) in [7, 11) is 5.98. The van der Waals surface area contributed by atoms with Crippen molar-refractivity contribution < 1.29 is 4.79 Å². The molecule has 0 atom stereocenters. The van der Waals surface area contributed by atoms with Gasteiger partial charge in [-0.05, 0) is 53.9 Å². The smallest absolute Gasteiger partial charge is 0.242 e. The number of carbonyl (C=O) groups excluding carboxylic acids is 1. The van der Waals surface area contributed by atoms with Gasteiger partial charge < -0.3 is 20.4 Å². The predicted octanol–water partition coefficient (Wildman–Crippen LogP) is 1.15. The average molecular weight is 300 g/mol. The summed E-state index contributed by atoms with van der Waals surface area (Å²) >= 11 is 0. The predicted molar refractivity (Wildman–Crippen MR) is 90.6 cm³/mol. The molecule has 21 heavy (non-hydrogen) atoms. The molecule has 1 fully saturated rings. The van der Waals surface area contributed by atoms with Crippen molar-refractivity contribution in [1.29, 1.82) is 0 Å². The summed E-state index contributed by atoms with van der Waals surface area (Å²) in [5.41, 5.74) is -0.375. The lowest BCUT2D eigenvalue weighted by molar-refractivity contribution is -0.138. The Morgan fingerprint density at radius 1 is 1.14 bits per heavy atom. The third-order valence-corrected chi connectivity index (χ3v) is 3.66. The molecule has 1 heterocycles. The molecule has 1 amide bonds. The Hall–Kier alpha value is -0.650. The fraction of sp³-hybridized carbons (Fsp3) is 0.938. The molecule has 0 bridgehead atoms. The summed E-state index contributed by atoms with van der Waals surface area (Å²) in [6.07, 6.45) is 1.74. The summed E-state index contributed by atoms with van der Waals surface area (Å²) in [6, 6.07) is 0.323. The third kappa shape index (κ3) is 6.76. The average Bonchev–Trinajstić information content (AvgIpc) is 2.46. The minimum atomic E-state index is -0.375. The van der Waals surface area contributed by atoms with E-state index in [4.69, 9.17) is 0 Å². The van der Waals surface area contributed by atoms with Crippen LogP contribution in [0, 0.1) is 0 Å². The van der Waals surface area contributed by atoms with E-state index in [-0.39, 0.29) is 11.4 Å². The molecule has 0 radical (unpaired) electrons. The van der Waals surface area contributed by atoms with E-state index < -0.39 is 0 Å². The van der Waals surface area contributed by atoms with Crippen LogP contribution in [0.1, 0.15) is 40.5 Å². The van der Waals surface area contributed by atoms with Gasteiger partial charge in [-0.15, -0.1) is 0 Å². The zero-order valence-electron chi connectivity index (χ0n) is 15.1. The number of nitrogens with one attached hydrogen (secondary N) is 2. The molecular weight excluding hydrogens is 264 g/mol. The molecule has 0 aromatic heterocycles. The van der Waals surface area contributed by atoms with Crippen LogP contribution in [0.4, 0.5) is 0 Å². The molecule has 2 N–H and O–H groups in total. The number of hydrogen-bond donors (Lipinski definition) is 2. The lowest BCUT2D eigenvalue weighted by atomic mass is 9.86. The number of hydrogen-bond acceptors (Lipinski definition) is 4. The van der Waals surface area contributed by atoms with Gasteiger partial charge in [0.05, 0.1) is 0 Å². The number of likely N-dealkylation sites (N-methyl/N-ethyl adjacent to an activating group) is 2. The topological polar surface area (TPSA) is 47.6 Å². The van der Waals surface area contributed by atoms with E-state index in [0.717, 1.165) is 39.0 Å². The quantitative estimate of drug-likeness (QED) is 0.773. The van der Waals surface area contributed by atoms with Gasteiger partial charge in [0.1, 0.15) is 5.54 Å². The van der Waals surface area contributed by atoms with Gasteiger partial charge in [0.2, 0.25) is 5.91 Å². The number of carbonyl (C=O) groups is 1. The van der Waals surface area contributed by atoms with E-state index in [1.165, 1.54) is 0 Å². The first-order chi connectivity index (χ1) is 9.87. The summed E-state index contributed by atoms with van der Waals surface area (Å²) in [5, 5.41) is 6.86. The SMILES string of the molecule is CC.CC(C)NC1(C(=O)N(C)CCN(C)C)CCNCC1. The van der Waals surface area contributed by atoms with Crippen LogP contribution in [-0.4, -0.2) is 74.6 Å². The van der Waals surface area contributed by atoms with Crippen molar-refractivity contribution in [2.24, 2.45) is 0 Å². The highest BCUT2D eigenvalue weighted by atomic mass is 16.2. The van der Waals surface area contributed by atoms with Crippen molar-refractivity contribution in [2.45, 2.75) is 52.1 Å². The minimum Gasteiger partial charge on any atom is -0.343 e. The van der Waals surface area contributed by atoms with Gasteiger partial charge in [-0.25, -0.2) is 0 Å². The first-order valence-corrected chi connectivity index (χ1v) is 8.26. The molecule has 0 aliphatic carbocycles. The van der Waals surface area contributed by atoms with E-state index in [1.807, 2.05) is 39.9 Å². The standard InChI is InChI=1S/C14H30N4O.C2H6/c1-12(2)16-14(6-8-15-9-7-14)13(19)18(5)11-10-17(3)4;1-2/h12,15-16H,6-11H2,1-5H3;1-2H3. The Morgan fingerprint density at radius 2 is 1.67 bits per heavy atom. The molecule has 0 unspecified atom stereocenters. The van der Waals surface area contributed by atoms with E-state index in [1.54, 1.807) is 0 Å².